The van der Waals surface area contributed by atoms with Gasteiger partial charge in [-0.25, -0.2) is 5.43 Å². The van der Waals surface area contributed by atoms with E-state index >= 15 is 0 Å². The molecular weight excluding hydrogens is 634 g/mol. The smallest absolute Gasteiger partial charge is 0.329 e. The fourth-order valence-electron chi connectivity index (χ4n) is 2.92. The summed E-state index contributed by atoms with van der Waals surface area (Å²) < 4.78 is 11.7. The molecule has 0 aromatic heterocycles. The Morgan fingerprint density at radius 3 is 2.46 bits per heavy atom. The summed E-state index contributed by atoms with van der Waals surface area (Å²) >= 11 is 13.9. The lowest BCUT2D eigenvalue weighted by atomic mass is 10.2. The third-order valence-electron chi connectivity index (χ3n) is 4.72. The highest BCUT2D eigenvalue weighted by atomic mass is 127. The van der Waals surface area contributed by atoms with E-state index in [1.165, 1.54) is 19.4 Å². The maximum Gasteiger partial charge on any atom is 0.329 e. The minimum atomic E-state index is -1.01. The monoisotopic (exact) mass is 654 g/mol. The third kappa shape index (κ3) is 8.07. The van der Waals surface area contributed by atoms with E-state index in [0.29, 0.717) is 26.3 Å². The second kappa shape index (κ2) is 13.3. The Bertz CT molecular complexity index is 1350. The zero-order valence-corrected chi connectivity index (χ0v) is 23.3. The van der Waals surface area contributed by atoms with Crippen LogP contribution in [0.25, 0.3) is 0 Å². The zero-order chi connectivity index (χ0) is 26.9. The van der Waals surface area contributed by atoms with Gasteiger partial charge in [-0.2, -0.15) is 5.10 Å². The third-order valence-corrected chi connectivity index (χ3v) is 6.34. The minimum absolute atomic E-state index is 0.116. The summed E-state index contributed by atoms with van der Waals surface area (Å²) in [6.45, 7) is 1.73. The van der Waals surface area contributed by atoms with Crippen molar-refractivity contribution in [3.63, 3.8) is 0 Å². The molecule has 0 radical (unpaired) electrons. The molecule has 12 heteroatoms. The molecule has 192 valence electrons. The number of aryl methyl sites for hydroxylation is 1. The van der Waals surface area contributed by atoms with Gasteiger partial charge in [0.05, 0.1) is 32.6 Å². The predicted molar refractivity (Wildman–Crippen MR) is 152 cm³/mol. The normalized spacial score (nSPS) is 10.6. The Hall–Kier alpha value is -3.35. The second-order valence-corrected chi connectivity index (χ2v) is 9.44. The average Bonchev–Trinajstić information content (AvgIpc) is 2.87. The first-order valence-electron chi connectivity index (χ1n) is 10.6. The van der Waals surface area contributed by atoms with Gasteiger partial charge in [-0.05, 0) is 71.5 Å². The maximum absolute atomic E-state index is 12.3. The van der Waals surface area contributed by atoms with Crippen LogP contribution in [-0.4, -0.2) is 37.7 Å². The van der Waals surface area contributed by atoms with E-state index in [4.69, 9.17) is 32.7 Å². The summed E-state index contributed by atoms with van der Waals surface area (Å²) in [7, 11) is 1.46. The van der Waals surface area contributed by atoms with Crippen LogP contribution in [0, 0.1) is 10.5 Å². The van der Waals surface area contributed by atoms with Gasteiger partial charge in [0.25, 0.3) is 5.91 Å². The topological polar surface area (TPSA) is 118 Å². The molecule has 0 spiro atoms. The quantitative estimate of drug-likeness (QED) is 0.136. The van der Waals surface area contributed by atoms with Crippen molar-refractivity contribution in [3.05, 3.63) is 79.3 Å². The number of ether oxygens (including phenoxy) is 2. The van der Waals surface area contributed by atoms with Crippen LogP contribution in [-0.2, 0) is 14.4 Å². The molecule has 0 bridgehead atoms. The Balaban J connectivity index is 1.59. The number of benzene rings is 3. The van der Waals surface area contributed by atoms with Crippen molar-refractivity contribution in [1.29, 1.82) is 0 Å². The second-order valence-electron chi connectivity index (χ2n) is 7.49. The molecule has 0 aliphatic rings. The Kier molecular flexibility index (Phi) is 10.1. The highest BCUT2D eigenvalue weighted by molar-refractivity contribution is 14.1. The van der Waals surface area contributed by atoms with Gasteiger partial charge in [0.15, 0.2) is 18.1 Å². The van der Waals surface area contributed by atoms with Gasteiger partial charge >= 0.3 is 11.8 Å². The predicted octanol–water partition coefficient (Wildman–Crippen LogP) is 5.02. The molecule has 3 rings (SSSR count). The summed E-state index contributed by atoms with van der Waals surface area (Å²) in [6.07, 6.45) is 1.33. The lowest BCUT2D eigenvalue weighted by Gasteiger charge is -2.13. The Labute approximate surface area is 236 Å². The van der Waals surface area contributed by atoms with Crippen molar-refractivity contribution in [1.82, 2.24) is 5.43 Å². The molecule has 3 N–H and O–H groups in total. The van der Waals surface area contributed by atoms with Crippen LogP contribution in [0.15, 0.2) is 59.7 Å². The van der Waals surface area contributed by atoms with Gasteiger partial charge in [0.1, 0.15) is 0 Å². The number of halogens is 3. The van der Waals surface area contributed by atoms with Crippen molar-refractivity contribution in [3.8, 4) is 11.5 Å². The lowest BCUT2D eigenvalue weighted by molar-refractivity contribution is -0.136. The van der Waals surface area contributed by atoms with Gasteiger partial charge < -0.3 is 20.1 Å². The fourth-order valence-corrected chi connectivity index (χ4v) is 4.05. The van der Waals surface area contributed by atoms with Gasteiger partial charge in [0.2, 0.25) is 0 Å². The van der Waals surface area contributed by atoms with E-state index in [9.17, 15) is 14.4 Å². The molecule has 0 fully saturated rings. The standard InChI is InChI=1S/C25H21Cl2IN4O5/c1-14-6-8-16(9-7-14)30-21(33)13-37-23-18(28)10-15(11-20(23)36-2)12-29-32-25(35)24(34)31-19-5-3-4-17(26)22(19)27/h3-12H,13H2,1-2H3,(H,30,33)(H,31,34)(H,32,35)/b29-12-. The Morgan fingerprint density at radius 1 is 1.03 bits per heavy atom. The Morgan fingerprint density at radius 2 is 1.76 bits per heavy atom. The zero-order valence-electron chi connectivity index (χ0n) is 19.6. The van der Waals surface area contributed by atoms with Crippen LogP contribution in [0.4, 0.5) is 11.4 Å². The molecular formula is C25H21Cl2IN4O5. The number of methoxy groups -OCH3 is 1. The van der Waals surface area contributed by atoms with Gasteiger partial charge in [-0.15, -0.1) is 0 Å². The summed E-state index contributed by atoms with van der Waals surface area (Å²) in [5.41, 5.74) is 4.64. The molecule has 37 heavy (non-hydrogen) atoms. The van der Waals surface area contributed by atoms with Gasteiger partial charge in [-0.1, -0.05) is 47.0 Å². The van der Waals surface area contributed by atoms with Crippen LogP contribution in [0.5, 0.6) is 11.5 Å². The van der Waals surface area contributed by atoms with Crippen molar-refractivity contribution in [2.75, 3.05) is 24.4 Å². The van der Waals surface area contributed by atoms with Crippen LogP contribution >= 0.6 is 45.8 Å². The number of nitrogens with one attached hydrogen (secondary N) is 3. The number of amides is 3. The maximum atomic E-state index is 12.3. The number of hydrogen-bond acceptors (Lipinski definition) is 6. The summed E-state index contributed by atoms with van der Waals surface area (Å²) in [6, 6.07) is 15.4. The van der Waals surface area contributed by atoms with Crippen LogP contribution < -0.4 is 25.5 Å². The van der Waals surface area contributed by atoms with Crippen molar-refractivity contribution >= 4 is 81.1 Å². The first kappa shape index (κ1) is 28.2. The van der Waals surface area contributed by atoms with Crippen LogP contribution in [0.1, 0.15) is 11.1 Å². The van der Waals surface area contributed by atoms with Gasteiger partial charge in [-0.3, -0.25) is 14.4 Å². The number of hydrazone groups is 1. The first-order valence-corrected chi connectivity index (χ1v) is 12.5. The number of anilines is 2. The van der Waals surface area contributed by atoms with Gasteiger partial charge in [0, 0.05) is 5.69 Å². The summed E-state index contributed by atoms with van der Waals surface area (Å²) in [5, 5.41) is 9.29. The molecule has 0 aliphatic heterocycles. The van der Waals surface area contributed by atoms with Crippen LogP contribution in [0.3, 0.4) is 0 Å². The summed E-state index contributed by atoms with van der Waals surface area (Å²) in [4.78, 5) is 36.5. The van der Waals surface area contributed by atoms with E-state index in [1.54, 1.807) is 36.4 Å². The number of hydrogen-bond donors (Lipinski definition) is 3. The molecule has 0 unspecified atom stereocenters. The van der Waals surface area contributed by atoms with Crippen LogP contribution in [0.2, 0.25) is 10.0 Å². The molecule has 0 atom stereocenters. The van der Waals surface area contributed by atoms with E-state index in [2.05, 4.69) is 21.2 Å². The van der Waals surface area contributed by atoms with Crippen molar-refractivity contribution in [2.24, 2.45) is 5.10 Å². The number of nitrogens with zero attached hydrogens (tertiary/aromatic N) is 1. The molecule has 3 aromatic carbocycles. The van der Waals surface area contributed by atoms with Crippen molar-refractivity contribution in [2.45, 2.75) is 6.92 Å². The molecule has 0 aliphatic carbocycles. The molecule has 0 saturated heterocycles. The van der Waals surface area contributed by atoms with E-state index in [1.807, 2.05) is 41.6 Å². The SMILES string of the molecule is COc1cc(/C=N\NC(=O)C(=O)Nc2cccc(Cl)c2Cl)cc(I)c1OCC(=O)Nc1ccc(C)cc1. The van der Waals surface area contributed by atoms with E-state index < -0.39 is 11.8 Å². The molecule has 9 nitrogen and oxygen atoms in total. The highest BCUT2D eigenvalue weighted by Crippen LogP contribution is 2.33. The first-order chi connectivity index (χ1) is 17.7. The largest absolute Gasteiger partial charge is 0.493 e. The average molecular weight is 655 g/mol. The van der Waals surface area contributed by atoms with Crippen molar-refractivity contribution < 1.29 is 23.9 Å². The minimum Gasteiger partial charge on any atom is -0.493 e. The number of rotatable bonds is 8. The molecule has 3 amide bonds. The molecule has 0 saturated carbocycles. The molecule has 0 heterocycles. The van der Waals surface area contributed by atoms with E-state index in [0.717, 1.165) is 5.56 Å². The number of carbonyl (C=O) groups is 3. The number of carbonyl (C=O) groups excluding carboxylic acids is 3. The highest BCUT2D eigenvalue weighted by Gasteiger charge is 2.16. The lowest BCUT2D eigenvalue weighted by Crippen LogP contribution is -2.32. The summed E-state index contributed by atoms with van der Waals surface area (Å²) in [5.74, 6) is -1.57. The van der Waals surface area contributed by atoms with E-state index in [-0.39, 0.29) is 28.2 Å². The molecule has 3 aromatic rings. The fraction of sp³-hybridized carbons (Fsp3) is 0.120.